The van der Waals surface area contributed by atoms with Gasteiger partial charge in [-0.1, -0.05) is 49.7 Å². The summed E-state index contributed by atoms with van der Waals surface area (Å²) in [7, 11) is 0. The molecule has 8 heteroatoms. The molecule has 0 radical (unpaired) electrons. The van der Waals surface area contributed by atoms with Crippen LogP contribution in [0.3, 0.4) is 0 Å². The molecule has 8 nitrogen and oxygen atoms in total. The van der Waals surface area contributed by atoms with Crippen LogP contribution in [0.1, 0.15) is 30.8 Å². The zero-order chi connectivity index (χ0) is 26.9. The third-order valence-corrected chi connectivity index (χ3v) is 6.68. The van der Waals surface area contributed by atoms with E-state index in [0.29, 0.717) is 25.6 Å². The lowest BCUT2D eigenvalue weighted by Gasteiger charge is -2.35. The van der Waals surface area contributed by atoms with E-state index in [2.05, 4.69) is 47.2 Å². The average molecular weight is 520 g/mol. The van der Waals surface area contributed by atoms with Gasteiger partial charge in [0.2, 0.25) is 5.91 Å². The summed E-state index contributed by atoms with van der Waals surface area (Å²) in [6.07, 6.45) is 0.370. The van der Waals surface area contributed by atoms with Gasteiger partial charge in [-0.15, -0.1) is 0 Å². The second kappa shape index (κ2) is 13.6. The predicted octanol–water partition coefficient (Wildman–Crippen LogP) is 3.05. The zero-order valence-electron chi connectivity index (χ0n) is 22.8. The summed E-state index contributed by atoms with van der Waals surface area (Å²) in [5, 5.41) is 18.2. The summed E-state index contributed by atoms with van der Waals surface area (Å²) >= 11 is 0. The number of aromatic nitrogens is 2. The number of aryl methyl sites for hydroxylation is 1. The molecule has 1 aromatic heterocycles. The molecule has 0 saturated carbocycles. The van der Waals surface area contributed by atoms with E-state index in [4.69, 9.17) is 9.84 Å². The van der Waals surface area contributed by atoms with E-state index < -0.39 is 6.10 Å². The van der Waals surface area contributed by atoms with Crippen LogP contribution in [0.25, 0.3) is 5.69 Å². The summed E-state index contributed by atoms with van der Waals surface area (Å²) in [6.45, 7) is 11.3. The quantitative estimate of drug-likeness (QED) is 0.383. The van der Waals surface area contributed by atoms with Gasteiger partial charge in [0.25, 0.3) is 0 Å². The third-order valence-electron chi connectivity index (χ3n) is 6.68. The number of hydrogen-bond acceptors (Lipinski definition) is 6. The molecule has 0 aliphatic carbocycles. The highest BCUT2D eigenvalue weighted by atomic mass is 16.5. The van der Waals surface area contributed by atoms with Gasteiger partial charge in [-0.05, 0) is 49.6 Å². The Morgan fingerprint density at radius 1 is 1.03 bits per heavy atom. The van der Waals surface area contributed by atoms with Crippen molar-refractivity contribution in [2.24, 2.45) is 5.92 Å². The molecule has 2 N–H and O–H groups in total. The van der Waals surface area contributed by atoms with Crippen LogP contribution in [0, 0.1) is 12.8 Å². The SMILES string of the molecule is Cc1ccc(OC[C@@H](O)CN2CCN(CC(=O)NCc3cc(CC(C)C)n(-c4ccccc4)n3)CC2)cc1. The first-order valence-electron chi connectivity index (χ1n) is 13.6. The Hall–Kier alpha value is -3.20. The maximum Gasteiger partial charge on any atom is 0.234 e. The number of nitrogens with one attached hydrogen (secondary N) is 1. The Bertz CT molecular complexity index is 1140. The highest BCUT2D eigenvalue weighted by molar-refractivity contribution is 5.78. The Morgan fingerprint density at radius 2 is 1.71 bits per heavy atom. The van der Waals surface area contributed by atoms with Crippen molar-refractivity contribution in [3.63, 3.8) is 0 Å². The summed E-state index contributed by atoms with van der Waals surface area (Å²) in [6, 6.07) is 20.1. The fraction of sp³-hybridized carbons (Fsp3) is 0.467. The van der Waals surface area contributed by atoms with Gasteiger partial charge < -0.3 is 15.2 Å². The number of benzene rings is 2. The fourth-order valence-electron chi connectivity index (χ4n) is 4.67. The molecule has 3 aromatic rings. The van der Waals surface area contributed by atoms with Crippen molar-refractivity contribution in [1.82, 2.24) is 24.9 Å². The molecule has 2 aromatic carbocycles. The Morgan fingerprint density at radius 3 is 2.39 bits per heavy atom. The van der Waals surface area contributed by atoms with Crippen molar-refractivity contribution in [2.45, 2.75) is 39.8 Å². The van der Waals surface area contributed by atoms with Crippen molar-refractivity contribution in [2.75, 3.05) is 45.9 Å². The summed E-state index contributed by atoms with van der Waals surface area (Å²) in [5.74, 6) is 1.29. The van der Waals surface area contributed by atoms with Crippen molar-refractivity contribution < 1.29 is 14.6 Å². The average Bonchev–Trinajstić information content (AvgIpc) is 3.31. The van der Waals surface area contributed by atoms with E-state index in [1.165, 1.54) is 5.56 Å². The van der Waals surface area contributed by atoms with Crippen LogP contribution in [-0.2, 0) is 17.8 Å². The van der Waals surface area contributed by atoms with E-state index in [1.54, 1.807) is 0 Å². The largest absolute Gasteiger partial charge is 0.491 e. The fourth-order valence-corrected chi connectivity index (χ4v) is 4.67. The number of aliphatic hydroxyl groups is 1. The first kappa shape index (κ1) is 27.8. The predicted molar refractivity (Wildman–Crippen MR) is 150 cm³/mol. The van der Waals surface area contributed by atoms with Crippen molar-refractivity contribution in [3.8, 4) is 11.4 Å². The maximum absolute atomic E-state index is 12.7. The minimum absolute atomic E-state index is 0.00431. The number of carbonyl (C=O) groups is 1. The summed E-state index contributed by atoms with van der Waals surface area (Å²) in [5.41, 5.74) is 4.23. The molecule has 2 heterocycles. The lowest BCUT2D eigenvalue weighted by Crippen LogP contribution is -2.51. The molecule has 4 rings (SSSR count). The standard InChI is InChI=1S/C30H41N5O3/c1-23(2)17-27-18-25(32-35(27)26-7-5-4-6-8-26)19-31-30(37)21-34-15-13-33(14-16-34)20-28(36)22-38-29-11-9-24(3)10-12-29/h4-12,18,23,28,36H,13-17,19-22H2,1-3H3,(H,31,37)/t28-/m0/s1. The molecular formula is C30H41N5O3. The lowest BCUT2D eigenvalue weighted by molar-refractivity contribution is -0.122. The summed E-state index contributed by atoms with van der Waals surface area (Å²) in [4.78, 5) is 17.1. The monoisotopic (exact) mass is 519 g/mol. The van der Waals surface area contributed by atoms with E-state index in [0.717, 1.165) is 55.4 Å². The van der Waals surface area contributed by atoms with Gasteiger partial charge in [0, 0.05) is 38.4 Å². The van der Waals surface area contributed by atoms with Crippen molar-refractivity contribution in [1.29, 1.82) is 0 Å². The topological polar surface area (TPSA) is 82.9 Å². The first-order chi connectivity index (χ1) is 18.4. The lowest BCUT2D eigenvalue weighted by atomic mass is 10.1. The maximum atomic E-state index is 12.7. The minimum atomic E-state index is -0.553. The number of nitrogens with zero attached hydrogens (tertiary/aromatic N) is 4. The van der Waals surface area contributed by atoms with Gasteiger partial charge in [-0.25, -0.2) is 4.68 Å². The molecule has 1 atom stereocenters. The third kappa shape index (κ3) is 8.41. The van der Waals surface area contributed by atoms with Crippen LogP contribution in [0.4, 0.5) is 0 Å². The van der Waals surface area contributed by atoms with Crippen LogP contribution < -0.4 is 10.1 Å². The smallest absolute Gasteiger partial charge is 0.234 e. The number of carbonyl (C=O) groups excluding carboxylic acids is 1. The molecule has 1 amide bonds. The normalized spacial score (nSPS) is 15.5. The number of aliphatic hydroxyl groups excluding tert-OH is 1. The number of rotatable bonds is 12. The molecule has 0 spiro atoms. The summed E-state index contributed by atoms with van der Waals surface area (Å²) < 4.78 is 7.69. The van der Waals surface area contributed by atoms with Crippen LogP contribution in [0.2, 0.25) is 0 Å². The molecule has 1 saturated heterocycles. The van der Waals surface area contributed by atoms with Crippen LogP contribution in [0.5, 0.6) is 5.75 Å². The molecule has 1 fully saturated rings. The Balaban J connectivity index is 1.18. The number of para-hydroxylation sites is 1. The van der Waals surface area contributed by atoms with Crippen molar-refractivity contribution >= 4 is 5.91 Å². The van der Waals surface area contributed by atoms with Gasteiger partial charge in [0.05, 0.1) is 24.5 Å². The number of piperazine rings is 1. The highest BCUT2D eigenvalue weighted by Gasteiger charge is 2.21. The van der Waals surface area contributed by atoms with Gasteiger partial charge in [0.1, 0.15) is 18.5 Å². The number of ether oxygens (including phenoxy) is 1. The van der Waals surface area contributed by atoms with E-state index in [9.17, 15) is 9.90 Å². The molecule has 38 heavy (non-hydrogen) atoms. The van der Waals surface area contributed by atoms with Crippen molar-refractivity contribution in [3.05, 3.63) is 77.6 Å². The van der Waals surface area contributed by atoms with Crippen LogP contribution >= 0.6 is 0 Å². The zero-order valence-corrected chi connectivity index (χ0v) is 22.8. The molecular weight excluding hydrogens is 478 g/mol. The van der Waals surface area contributed by atoms with E-state index in [1.807, 2.05) is 54.1 Å². The number of amides is 1. The molecule has 0 unspecified atom stereocenters. The molecule has 204 valence electrons. The van der Waals surface area contributed by atoms with Gasteiger partial charge in [-0.3, -0.25) is 14.6 Å². The van der Waals surface area contributed by atoms with Gasteiger partial charge in [0.15, 0.2) is 0 Å². The molecule has 0 bridgehead atoms. The number of hydrogen-bond donors (Lipinski definition) is 2. The minimum Gasteiger partial charge on any atom is -0.491 e. The Kier molecular flexibility index (Phi) is 9.92. The Labute approximate surface area is 226 Å². The van der Waals surface area contributed by atoms with Gasteiger partial charge in [-0.2, -0.15) is 5.10 Å². The molecule has 1 aliphatic heterocycles. The van der Waals surface area contributed by atoms with Crippen LogP contribution in [0.15, 0.2) is 60.7 Å². The van der Waals surface area contributed by atoms with E-state index >= 15 is 0 Å². The van der Waals surface area contributed by atoms with Gasteiger partial charge >= 0.3 is 0 Å². The number of β-amino-alcohol motifs (C(OH)–C–C–N with tert-alkyl or cyclic N) is 1. The second-order valence-corrected chi connectivity index (χ2v) is 10.6. The van der Waals surface area contributed by atoms with Crippen LogP contribution in [-0.4, -0.2) is 82.6 Å². The van der Waals surface area contributed by atoms with E-state index in [-0.39, 0.29) is 12.5 Å². The highest BCUT2D eigenvalue weighted by Crippen LogP contribution is 2.16. The molecule has 1 aliphatic rings. The second-order valence-electron chi connectivity index (χ2n) is 10.6. The first-order valence-corrected chi connectivity index (χ1v) is 13.6.